The predicted octanol–water partition coefficient (Wildman–Crippen LogP) is 7.33. The molecule has 1 heteroatoms. The molecular weight excluding hydrogens is 276 g/mol. The fraction of sp³-hybridized carbons (Fsp3) is 0.600. The molecule has 0 aromatic heterocycles. The summed E-state index contributed by atoms with van der Waals surface area (Å²) in [5, 5.41) is 0.130. The molecule has 2 unspecified atom stereocenters. The molecule has 1 rings (SSSR count). The first-order chi connectivity index (χ1) is 9.45. The molecule has 0 saturated heterocycles. The van der Waals surface area contributed by atoms with Crippen LogP contribution in [-0.2, 0) is 0 Å². The largest absolute Gasteiger partial charge is 0.119 e. The molecule has 0 radical (unpaired) electrons. The number of alkyl halides is 1. The first kappa shape index (κ1) is 22.5. The Kier molecular flexibility index (Phi) is 11.7. The van der Waals surface area contributed by atoms with Crippen molar-refractivity contribution in [2.45, 2.75) is 66.7 Å². The minimum absolute atomic E-state index is 0.130. The lowest BCUT2D eigenvalue weighted by atomic mass is 9.70. The van der Waals surface area contributed by atoms with Gasteiger partial charge in [-0.2, -0.15) is 0 Å². The summed E-state index contributed by atoms with van der Waals surface area (Å²) in [6, 6.07) is 0. The van der Waals surface area contributed by atoms with Crippen molar-refractivity contribution in [3.05, 3.63) is 48.6 Å². The van der Waals surface area contributed by atoms with E-state index in [9.17, 15) is 0 Å². The third-order valence-corrected chi connectivity index (χ3v) is 4.51. The first-order valence-electron chi connectivity index (χ1n) is 7.69. The molecule has 1 aliphatic rings. The maximum Gasteiger partial charge on any atom is 0.0511 e. The van der Waals surface area contributed by atoms with Gasteiger partial charge in [-0.3, -0.25) is 0 Å². The van der Waals surface area contributed by atoms with Crippen LogP contribution in [0.3, 0.4) is 0 Å². The molecule has 0 spiro atoms. The number of hydrogen-bond acceptors (Lipinski definition) is 0. The van der Waals surface area contributed by atoms with Gasteiger partial charge in [0.05, 0.1) is 5.38 Å². The van der Waals surface area contributed by atoms with E-state index >= 15 is 0 Å². The molecule has 0 aliphatic heterocycles. The second-order valence-corrected chi connectivity index (χ2v) is 7.36. The van der Waals surface area contributed by atoms with Gasteiger partial charge in [0.25, 0.3) is 0 Å². The molecule has 0 aromatic carbocycles. The van der Waals surface area contributed by atoms with E-state index in [1.807, 2.05) is 20.8 Å². The summed E-state index contributed by atoms with van der Waals surface area (Å²) in [6.45, 7) is 25.7. The van der Waals surface area contributed by atoms with Crippen LogP contribution in [0.5, 0.6) is 0 Å². The van der Waals surface area contributed by atoms with E-state index in [1.54, 1.807) is 11.6 Å². The highest BCUT2D eigenvalue weighted by atomic mass is 35.5. The van der Waals surface area contributed by atoms with E-state index in [0.29, 0.717) is 5.41 Å². The maximum atomic E-state index is 5.51. The summed E-state index contributed by atoms with van der Waals surface area (Å²) in [5.41, 5.74) is 4.16. The topological polar surface area (TPSA) is 0 Å². The zero-order chi connectivity index (χ0) is 17.2. The molecular formula is C20H35Cl. The minimum atomic E-state index is 0.130. The average Bonchev–Trinajstić information content (AvgIpc) is 2.37. The van der Waals surface area contributed by atoms with Crippen LogP contribution in [0.4, 0.5) is 0 Å². The van der Waals surface area contributed by atoms with Crippen LogP contribution in [0.15, 0.2) is 48.6 Å². The molecule has 2 atom stereocenters. The van der Waals surface area contributed by atoms with Gasteiger partial charge in [0.2, 0.25) is 0 Å². The lowest BCUT2D eigenvalue weighted by molar-refractivity contribution is 0.231. The molecule has 0 heterocycles. The number of allylic oxidation sites excluding steroid dienone is 5. The summed E-state index contributed by atoms with van der Waals surface area (Å²) in [4.78, 5) is 0. The highest BCUT2D eigenvalue weighted by Crippen LogP contribution is 2.39. The zero-order valence-electron chi connectivity index (χ0n) is 15.2. The highest BCUT2D eigenvalue weighted by molar-refractivity contribution is 6.21. The van der Waals surface area contributed by atoms with Crippen LogP contribution in [0, 0.1) is 11.3 Å². The molecule has 0 bridgehead atoms. The van der Waals surface area contributed by atoms with E-state index in [4.69, 9.17) is 11.6 Å². The molecule has 0 fully saturated rings. The van der Waals surface area contributed by atoms with Crippen molar-refractivity contribution in [1.82, 2.24) is 0 Å². The van der Waals surface area contributed by atoms with Crippen molar-refractivity contribution in [2.24, 2.45) is 11.3 Å². The first-order valence-corrected chi connectivity index (χ1v) is 8.13. The van der Waals surface area contributed by atoms with Gasteiger partial charge in [-0.15, -0.1) is 11.6 Å². The quantitative estimate of drug-likeness (QED) is 0.284. The van der Waals surface area contributed by atoms with E-state index in [2.05, 4.69) is 53.5 Å². The summed E-state index contributed by atoms with van der Waals surface area (Å²) in [7, 11) is 0. The molecule has 21 heavy (non-hydrogen) atoms. The van der Waals surface area contributed by atoms with Crippen molar-refractivity contribution >= 4 is 11.6 Å². The van der Waals surface area contributed by atoms with E-state index < -0.39 is 0 Å². The second kappa shape index (κ2) is 10.9. The summed E-state index contributed by atoms with van der Waals surface area (Å²) in [5.74, 6) is 0.779. The molecule has 0 N–H and O–H groups in total. The van der Waals surface area contributed by atoms with E-state index in [0.717, 1.165) is 17.1 Å². The van der Waals surface area contributed by atoms with E-state index in [-0.39, 0.29) is 5.38 Å². The lowest BCUT2D eigenvalue weighted by Gasteiger charge is -2.35. The average molecular weight is 311 g/mol. The van der Waals surface area contributed by atoms with Gasteiger partial charge in [-0.1, -0.05) is 69.4 Å². The minimum Gasteiger partial charge on any atom is -0.119 e. The van der Waals surface area contributed by atoms with Gasteiger partial charge in [0.15, 0.2) is 0 Å². The van der Waals surface area contributed by atoms with Crippen molar-refractivity contribution in [1.29, 1.82) is 0 Å². The van der Waals surface area contributed by atoms with Crippen LogP contribution >= 0.6 is 11.6 Å². The van der Waals surface area contributed by atoms with Crippen molar-refractivity contribution in [2.75, 3.05) is 0 Å². The number of halogens is 1. The zero-order valence-corrected chi connectivity index (χ0v) is 16.0. The summed E-state index contributed by atoms with van der Waals surface area (Å²) in [6.07, 6.45) is 6.74. The maximum absolute atomic E-state index is 5.51. The Morgan fingerprint density at radius 1 is 1.38 bits per heavy atom. The van der Waals surface area contributed by atoms with Crippen molar-refractivity contribution in [3.63, 3.8) is 0 Å². The van der Waals surface area contributed by atoms with Gasteiger partial charge < -0.3 is 0 Å². The van der Waals surface area contributed by atoms with Crippen LogP contribution in [0.2, 0.25) is 0 Å². The van der Waals surface area contributed by atoms with Crippen LogP contribution < -0.4 is 0 Å². The summed E-state index contributed by atoms with van der Waals surface area (Å²) >= 11 is 5.51. The molecule has 0 saturated carbocycles. The standard InChI is InChI=1S/C10H18.C5H9Cl.C5H8/c1-8-6-5-7-10(3,4)9(8)2;1-4(2)5(3)6;1-4-5(2)3/h6,9H,5,7H2,1-4H3;5H,1H2,2-3H3;4H,1-2H2,3H3. The smallest absolute Gasteiger partial charge is 0.0511 e. The SMILES string of the molecule is C=C(C)C(C)Cl.C=CC(=C)C.CC1=CCCC(C)(C)C1C. The van der Waals surface area contributed by atoms with Gasteiger partial charge in [-0.25, -0.2) is 0 Å². The summed E-state index contributed by atoms with van der Waals surface area (Å²) < 4.78 is 0. The Labute approximate surface area is 138 Å². The Balaban J connectivity index is 0. The molecule has 1 aliphatic carbocycles. The number of rotatable bonds is 2. The third kappa shape index (κ3) is 11.6. The molecule has 122 valence electrons. The third-order valence-electron chi connectivity index (χ3n) is 4.14. The van der Waals surface area contributed by atoms with Gasteiger partial charge in [0, 0.05) is 0 Å². The second-order valence-electron chi connectivity index (χ2n) is 6.71. The van der Waals surface area contributed by atoms with Crippen molar-refractivity contribution < 1.29 is 0 Å². The van der Waals surface area contributed by atoms with Crippen LogP contribution in [0.1, 0.15) is 61.3 Å². The normalized spacial score (nSPS) is 20.6. The Morgan fingerprint density at radius 2 is 1.76 bits per heavy atom. The van der Waals surface area contributed by atoms with Crippen LogP contribution in [-0.4, -0.2) is 5.38 Å². The Bertz CT molecular complexity index is 369. The fourth-order valence-corrected chi connectivity index (χ4v) is 1.68. The van der Waals surface area contributed by atoms with Gasteiger partial charge in [0.1, 0.15) is 0 Å². The molecule has 0 nitrogen and oxygen atoms in total. The van der Waals surface area contributed by atoms with Crippen LogP contribution in [0.25, 0.3) is 0 Å². The highest BCUT2D eigenvalue weighted by Gasteiger charge is 2.28. The van der Waals surface area contributed by atoms with E-state index in [1.165, 1.54) is 12.8 Å². The Hall–Kier alpha value is -0.750. The Morgan fingerprint density at radius 3 is 1.95 bits per heavy atom. The predicted molar refractivity (Wildman–Crippen MR) is 101 cm³/mol. The fourth-order valence-electron chi connectivity index (χ4n) is 1.68. The van der Waals surface area contributed by atoms with Gasteiger partial charge in [-0.05, 0) is 51.9 Å². The lowest BCUT2D eigenvalue weighted by Crippen LogP contribution is -2.25. The monoisotopic (exact) mass is 310 g/mol. The molecule has 0 aromatic rings. The number of hydrogen-bond donors (Lipinski definition) is 0. The van der Waals surface area contributed by atoms with Gasteiger partial charge >= 0.3 is 0 Å². The molecule has 0 amide bonds. The van der Waals surface area contributed by atoms with Crippen molar-refractivity contribution in [3.8, 4) is 0 Å².